The minimum absolute atomic E-state index is 0.188. The van der Waals surface area contributed by atoms with E-state index in [2.05, 4.69) is 22.3 Å². The highest BCUT2D eigenvalue weighted by Gasteiger charge is 2.23. The SMILES string of the molecule is OC[C@@H]1CCCCN1C(=S)NCc1ccccc1. The van der Waals surface area contributed by atoms with Gasteiger partial charge < -0.3 is 15.3 Å². The van der Waals surface area contributed by atoms with Crippen molar-refractivity contribution < 1.29 is 5.11 Å². The quantitative estimate of drug-likeness (QED) is 0.818. The molecule has 3 nitrogen and oxygen atoms in total. The Kier molecular flexibility index (Phi) is 4.96. The summed E-state index contributed by atoms with van der Waals surface area (Å²) in [6.45, 7) is 1.88. The van der Waals surface area contributed by atoms with E-state index in [9.17, 15) is 5.11 Å². The van der Waals surface area contributed by atoms with Crippen LogP contribution in [0.2, 0.25) is 0 Å². The summed E-state index contributed by atoms with van der Waals surface area (Å²) in [6.07, 6.45) is 3.37. The summed E-state index contributed by atoms with van der Waals surface area (Å²) in [4.78, 5) is 2.13. The zero-order chi connectivity index (χ0) is 12.8. The molecule has 0 saturated carbocycles. The summed E-state index contributed by atoms with van der Waals surface area (Å²) in [6, 6.07) is 10.4. The van der Waals surface area contributed by atoms with Gasteiger partial charge in [0, 0.05) is 13.1 Å². The minimum atomic E-state index is 0.188. The van der Waals surface area contributed by atoms with Gasteiger partial charge in [0.25, 0.3) is 0 Å². The van der Waals surface area contributed by atoms with E-state index < -0.39 is 0 Å². The summed E-state index contributed by atoms with van der Waals surface area (Å²) in [7, 11) is 0. The second-order valence-electron chi connectivity index (χ2n) is 4.67. The molecule has 0 unspecified atom stereocenters. The van der Waals surface area contributed by atoms with Crippen LogP contribution in [0.25, 0.3) is 0 Å². The van der Waals surface area contributed by atoms with Crippen LogP contribution in [0.4, 0.5) is 0 Å². The van der Waals surface area contributed by atoms with Gasteiger partial charge in [-0.25, -0.2) is 0 Å². The van der Waals surface area contributed by atoms with E-state index in [0.717, 1.165) is 31.0 Å². The molecule has 1 atom stereocenters. The first kappa shape index (κ1) is 13.3. The third-order valence-corrected chi connectivity index (χ3v) is 3.76. The van der Waals surface area contributed by atoms with Crippen molar-refractivity contribution >= 4 is 17.3 Å². The molecule has 1 aliphatic rings. The van der Waals surface area contributed by atoms with Crippen molar-refractivity contribution in [2.45, 2.75) is 31.8 Å². The molecule has 98 valence electrons. The maximum atomic E-state index is 9.37. The number of hydrogen-bond acceptors (Lipinski definition) is 2. The van der Waals surface area contributed by atoms with Gasteiger partial charge in [0.05, 0.1) is 12.6 Å². The summed E-state index contributed by atoms with van der Waals surface area (Å²) < 4.78 is 0. The van der Waals surface area contributed by atoms with Crippen molar-refractivity contribution in [1.29, 1.82) is 0 Å². The number of piperidine rings is 1. The molecule has 0 bridgehead atoms. The summed E-state index contributed by atoms with van der Waals surface area (Å²) in [5, 5.41) is 13.4. The van der Waals surface area contributed by atoms with Gasteiger partial charge in [-0.05, 0) is 37.0 Å². The van der Waals surface area contributed by atoms with Gasteiger partial charge in [-0.1, -0.05) is 30.3 Å². The van der Waals surface area contributed by atoms with E-state index in [1.54, 1.807) is 0 Å². The number of thiocarbonyl (C=S) groups is 1. The van der Waals surface area contributed by atoms with Crippen molar-refractivity contribution in [2.24, 2.45) is 0 Å². The van der Waals surface area contributed by atoms with Crippen LogP contribution in [0.15, 0.2) is 30.3 Å². The fraction of sp³-hybridized carbons (Fsp3) is 0.500. The maximum absolute atomic E-state index is 9.37. The van der Waals surface area contributed by atoms with Gasteiger partial charge in [-0.2, -0.15) is 0 Å². The van der Waals surface area contributed by atoms with Gasteiger partial charge in [0.1, 0.15) is 0 Å². The highest BCUT2D eigenvalue weighted by molar-refractivity contribution is 7.80. The normalized spacial score (nSPS) is 19.6. The van der Waals surface area contributed by atoms with Gasteiger partial charge in [-0.15, -0.1) is 0 Å². The second-order valence-corrected chi connectivity index (χ2v) is 5.06. The summed E-state index contributed by atoms with van der Waals surface area (Å²) in [5.74, 6) is 0. The van der Waals surface area contributed by atoms with Crippen LogP contribution in [0, 0.1) is 0 Å². The van der Waals surface area contributed by atoms with Gasteiger partial charge in [0.15, 0.2) is 5.11 Å². The third-order valence-electron chi connectivity index (χ3n) is 3.39. The number of likely N-dealkylation sites (tertiary alicyclic amines) is 1. The average molecular weight is 264 g/mol. The second kappa shape index (κ2) is 6.71. The van der Waals surface area contributed by atoms with E-state index in [0.29, 0.717) is 0 Å². The minimum Gasteiger partial charge on any atom is -0.394 e. The number of aliphatic hydroxyl groups is 1. The standard InChI is InChI=1S/C14H20N2OS/c17-11-13-8-4-5-9-16(13)14(18)15-10-12-6-2-1-3-7-12/h1-3,6-7,13,17H,4-5,8-11H2,(H,15,18)/t13-/m0/s1. The fourth-order valence-corrected chi connectivity index (χ4v) is 2.65. The van der Waals surface area contributed by atoms with Crippen molar-refractivity contribution in [3.63, 3.8) is 0 Å². The van der Waals surface area contributed by atoms with E-state index in [-0.39, 0.29) is 12.6 Å². The first-order chi connectivity index (χ1) is 8.81. The molecular formula is C14H20N2OS. The zero-order valence-corrected chi connectivity index (χ0v) is 11.3. The highest BCUT2D eigenvalue weighted by Crippen LogP contribution is 2.16. The number of aliphatic hydroxyl groups excluding tert-OH is 1. The molecule has 0 spiro atoms. The molecule has 1 heterocycles. The molecule has 0 aromatic heterocycles. The monoisotopic (exact) mass is 264 g/mol. The Morgan fingerprint density at radius 2 is 2.11 bits per heavy atom. The van der Waals surface area contributed by atoms with Crippen LogP contribution in [0.3, 0.4) is 0 Å². The molecule has 0 amide bonds. The van der Waals surface area contributed by atoms with E-state index in [4.69, 9.17) is 12.2 Å². The van der Waals surface area contributed by atoms with E-state index in [1.807, 2.05) is 18.2 Å². The largest absolute Gasteiger partial charge is 0.394 e. The molecule has 1 aliphatic heterocycles. The van der Waals surface area contributed by atoms with E-state index in [1.165, 1.54) is 12.0 Å². The number of benzene rings is 1. The Labute approximate surface area is 114 Å². The first-order valence-corrected chi connectivity index (χ1v) is 6.91. The third kappa shape index (κ3) is 3.43. The topological polar surface area (TPSA) is 35.5 Å². The molecule has 1 aromatic rings. The van der Waals surface area contributed by atoms with Crippen molar-refractivity contribution in [3.05, 3.63) is 35.9 Å². The lowest BCUT2D eigenvalue weighted by molar-refractivity contribution is 0.146. The van der Waals surface area contributed by atoms with E-state index >= 15 is 0 Å². The zero-order valence-electron chi connectivity index (χ0n) is 10.5. The molecule has 18 heavy (non-hydrogen) atoms. The fourth-order valence-electron chi connectivity index (χ4n) is 2.33. The number of rotatable bonds is 3. The molecular weight excluding hydrogens is 244 g/mol. The maximum Gasteiger partial charge on any atom is 0.169 e. The number of hydrogen-bond donors (Lipinski definition) is 2. The van der Waals surface area contributed by atoms with Gasteiger partial charge in [0.2, 0.25) is 0 Å². The molecule has 1 saturated heterocycles. The predicted molar refractivity (Wildman–Crippen MR) is 77.3 cm³/mol. The lowest BCUT2D eigenvalue weighted by Crippen LogP contribution is -2.49. The van der Waals surface area contributed by atoms with Crippen molar-refractivity contribution in [1.82, 2.24) is 10.2 Å². The Hall–Kier alpha value is -1.13. The molecule has 1 aromatic carbocycles. The molecule has 0 radical (unpaired) electrons. The summed E-state index contributed by atoms with van der Waals surface area (Å²) in [5.41, 5.74) is 1.22. The lowest BCUT2D eigenvalue weighted by Gasteiger charge is -2.36. The smallest absolute Gasteiger partial charge is 0.169 e. The predicted octanol–water partition coefficient (Wildman–Crippen LogP) is 1.91. The van der Waals surface area contributed by atoms with Crippen LogP contribution in [0.1, 0.15) is 24.8 Å². The van der Waals surface area contributed by atoms with Crippen LogP contribution in [-0.4, -0.2) is 34.3 Å². The highest BCUT2D eigenvalue weighted by atomic mass is 32.1. The molecule has 2 N–H and O–H groups in total. The van der Waals surface area contributed by atoms with Gasteiger partial charge in [-0.3, -0.25) is 0 Å². The Balaban J connectivity index is 1.87. The Bertz CT molecular complexity index is 383. The van der Waals surface area contributed by atoms with Crippen LogP contribution >= 0.6 is 12.2 Å². The Morgan fingerprint density at radius 3 is 2.83 bits per heavy atom. The van der Waals surface area contributed by atoms with Crippen LogP contribution in [0.5, 0.6) is 0 Å². The van der Waals surface area contributed by atoms with Crippen molar-refractivity contribution in [2.75, 3.05) is 13.2 Å². The molecule has 1 fully saturated rings. The molecule has 4 heteroatoms. The van der Waals surface area contributed by atoms with Crippen LogP contribution in [-0.2, 0) is 6.54 Å². The Morgan fingerprint density at radius 1 is 1.33 bits per heavy atom. The van der Waals surface area contributed by atoms with Crippen LogP contribution < -0.4 is 5.32 Å². The molecule has 2 rings (SSSR count). The summed E-state index contributed by atoms with van der Waals surface area (Å²) >= 11 is 5.42. The number of nitrogens with zero attached hydrogens (tertiary/aromatic N) is 1. The number of nitrogens with one attached hydrogen (secondary N) is 1. The lowest BCUT2D eigenvalue weighted by atomic mass is 10.0. The van der Waals surface area contributed by atoms with Gasteiger partial charge >= 0.3 is 0 Å². The van der Waals surface area contributed by atoms with Crippen molar-refractivity contribution in [3.8, 4) is 0 Å². The first-order valence-electron chi connectivity index (χ1n) is 6.50. The molecule has 0 aliphatic carbocycles. The average Bonchev–Trinajstić information content (AvgIpc) is 2.45.